The first kappa shape index (κ1) is 9.21. The Balaban J connectivity index is 2.00. The van der Waals surface area contributed by atoms with Gasteiger partial charge in [0.25, 0.3) is 0 Å². The summed E-state index contributed by atoms with van der Waals surface area (Å²) in [7, 11) is 1.84. The van der Waals surface area contributed by atoms with Crippen LogP contribution in [0, 0.1) is 0 Å². The number of nitrogens with one attached hydrogen (secondary N) is 2. The molecule has 1 aromatic rings. The summed E-state index contributed by atoms with van der Waals surface area (Å²) in [6.45, 7) is 1.60. The lowest BCUT2D eigenvalue weighted by molar-refractivity contribution is 0.195. The first-order valence-corrected chi connectivity index (χ1v) is 4.72. The Morgan fingerprint density at radius 2 is 2.29 bits per heavy atom. The van der Waals surface area contributed by atoms with Gasteiger partial charge in [-0.3, -0.25) is 0 Å². The molecule has 0 aromatic carbocycles. The average molecular weight is 194 g/mol. The van der Waals surface area contributed by atoms with E-state index in [0.717, 1.165) is 31.3 Å². The molecule has 1 aliphatic heterocycles. The summed E-state index contributed by atoms with van der Waals surface area (Å²) >= 11 is 0. The second-order valence-corrected chi connectivity index (χ2v) is 3.24. The molecule has 1 aliphatic rings. The van der Waals surface area contributed by atoms with Crippen molar-refractivity contribution in [2.75, 3.05) is 30.9 Å². The molecule has 1 fully saturated rings. The molecule has 0 aliphatic carbocycles. The molecule has 76 valence electrons. The fraction of sp³-hybridized carbons (Fsp3) is 0.556. The summed E-state index contributed by atoms with van der Waals surface area (Å²) in [5.41, 5.74) is 0. The Morgan fingerprint density at radius 3 is 3.00 bits per heavy atom. The molecule has 1 atom stereocenters. The van der Waals surface area contributed by atoms with E-state index in [1.54, 1.807) is 6.33 Å². The third-order valence-corrected chi connectivity index (χ3v) is 2.20. The molecule has 0 bridgehead atoms. The SMILES string of the molecule is CNc1cc(NC2CCOC2)ncn1. The van der Waals surface area contributed by atoms with E-state index in [0.29, 0.717) is 6.04 Å². The van der Waals surface area contributed by atoms with Crippen LogP contribution in [0.25, 0.3) is 0 Å². The molecular formula is C9H14N4O. The lowest BCUT2D eigenvalue weighted by Gasteiger charge is -2.11. The van der Waals surface area contributed by atoms with Crippen molar-refractivity contribution in [2.24, 2.45) is 0 Å². The fourth-order valence-electron chi connectivity index (χ4n) is 1.43. The standard InChI is InChI=1S/C9H14N4O/c1-10-8-4-9(12-6-11-8)13-7-2-3-14-5-7/h4,6-7H,2-3,5H2,1H3,(H2,10,11,12,13). The first-order chi connectivity index (χ1) is 6.88. The lowest BCUT2D eigenvalue weighted by Crippen LogP contribution is -2.19. The third-order valence-electron chi connectivity index (χ3n) is 2.20. The second kappa shape index (κ2) is 4.23. The van der Waals surface area contributed by atoms with Gasteiger partial charge in [-0.2, -0.15) is 0 Å². The van der Waals surface area contributed by atoms with Crippen molar-refractivity contribution in [3.05, 3.63) is 12.4 Å². The van der Waals surface area contributed by atoms with E-state index in [1.165, 1.54) is 0 Å². The van der Waals surface area contributed by atoms with E-state index in [2.05, 4.69) is 20.6 Å². The number of rotatable bonds is 3. The molecule has 5 heteroatoms. The van der Waals surface area contributed by atoms with Crippen LogP contribution in [-0.4, -0.2) is 36.3 Å². The van der Waals surface area contributed by atoms with Crippen LogP contribution < -0.4 is 10.6 Å². The van der Waals surface area contributed by atoms with Gasteiger partial charge in [0.2, 0.25) is 0 Å². The van der Waals surface area contributed by atoms with Gasteiger partial charge < -0.3 is 15.4 Å². The summed E-state index contributed by atoms with van der Waals surface area (Å²) in [6.07, 6.45) is 2.59. The van der Waals surface area contributed by atoms with Gasteiger partial charge in [-0.1, -0.05) is 0 Å². The molecule has 5 nitrogen and oxygen atoms in total. The number of nitrogens with zero attached hydrogens (tertiary/aromatic N) is 2. The quantitative estimate of drug-likeness (QED) is 0.742. The Morgan fingerprint density at radius 1 is 1.43 bits per heavy atom. The minimum Gasteiger partial charge on any atom is -0.379 e. The summed E-state index contributed by atoms with van der Waals surface area (Å²) in [5, 5.41) is 6.27. The lowest BCUT2D eigenvalue weighted by atomic mass is 10.2. The van der Waals surface area contributed by atoms with Crippen molar-refractivity contribution in [3.8, 4) is 0 Å². The summed E-state index contributed by atoms with van der Waals surface area (Å²) in [5.74, 6) is 1.67. The van der Waals surface area contributed by atoms with Crippen LogP contribution in [0.5, 0.6) is 0 Å². The molecule has 0 amide bonds. The van der Waals surface area contributed by atoms with Crippen LogP contribution in [-0.2, 0) is 4.74 Å². The van der Waals surface area contributed by atoms with Crippen molar-refractivity contribution in [3.63, 3.8) is 0 Å². The Labute approximate surface area is 82.9 Å². The zero-order chi connectivity index (χ0) is 9.80. The van der Waals surface area contributed by atoms with E-state index in [-0.39, 0.29) is 0 Å². The number of anilines is 2. The molecule has 0 saturated carbocycles. The van der Waals surface area contributed by atoms with Crippen molar-refractivity contribution < 1.29 is 4.74 Å². The van der Waals surface area contributed by atoms with Gasteiger partial charge in [-0.15, -0.1) is 0 Å². The van der Waals surface area contributed by atoms with Gasteiger partial charge in [0, 0.05) is 19.7 Å². The first-order valence-electron chi connectivity index (χ1n) is 4.72. The molecule has 0 spiro atoms. The molecule has 14 heavy (non-hydrogen) atoms. The van der Waals surface area contributed by atoms with E-state index in [1.807, 2.05) is 13.1 Å². The van der Waals surface area contributed by atoms with Crippen molar-refractivity contribution in [1.82, 2.24) is 9.97 Å². The molecule has 0 radical (unpaired) electrons. The monoisotopic (exact) mass is 194 g/mol. The van der Waals surface area contributed by atoms with Gasteiger partial charge in [-0.05, 0) is 6.42 Å². The van der Waals surface area contributed by atoms with E-state index >= 15 is 0 Å². The Hall–Kier alpha value is -1.36. The average Bonchev–Trinajstić information content (AvgIpc) is 2.71. The molecule has 2 heterocycles. The second-order valence-electron chi connectivity index (χ2n) is 3.24. The highest BCUT2D eigenvalue weighted by Gasteiger charge is 2.15. The predicted molar refractivity (Wildman–Crippen MR) is 54.4 cm³/mol. The number of ether oxygens (including phenoxy) is 1. The van der Waals surface area contributed by atoms with Crippen LogP contribution >= 0.6 is 0 Å². The smallest absolute Gasteiger partial charge is 0.131 e. The third kappa shape index (κ3) is 2.11. The molecule has 1 unspecified atom stereocenters. The van der Waals surface area contributed by atoms with Gasteiger partial charge in [0.1, 0.15) is 18.0 Å². The topological polar surface area (TPSA) is 59.1 Å². The van der Waals surface area contributed by atoms with Crippen LogP contribution in [0.2, 0.25) is 0 Å². The van der Waals surface area contributed by atoms with Crippen molar-refractivity contribution >= 4 is 11.6 Å². The molecule has 1 saturated heterocycles. The maximum atomic E-state index is 5.26. The number of hydrogen-bond donors (Lipinski definition) is 2. The van der Waals surface area contributed by atoms with Gasteiger partial charge in [0.05, 0.1) is 12.6 Å². The van der Waals surface area contributed by atoms with E-state index in [4.69, 9.17) is 4.74 Å². The van der Waals surface area contributed by atoms with E-state index < -0.39 is 0 Å². The maximum absolute atomic E-state index is 5.26. The van der Waals surface area contributed by atoms with E-state index in [9.17, 15) is 0 Å². The zero-order valence-electron chi connectivity index (χ0n) is 8.16. The molecule has 2 N–H and O–H groups in total. The van der Waals surface area contributed by atoms with Crippen LogP contribution in [0.15, 0.2) is 12.4 Å². The minimum absolute atomic E-state index is 0.384. The minimum atomic E-state index is 0.384. The van der Waals surface area contributed by atoms with Crippen molar-refractivity contribution in [2.45, 2.75) is 12.5 Å². The molecular weight excluding hydrogens is 180 g/mol. The summed E-state index contributed by atoms with van der Waals surface area (Å²) < 4.78 is 5.26. The normalized spacial score (nSPS) is 20.8. The van der Waals surface area contributed by atoms with Gasteiger partial charge >= 0.3 is 0 Å². The maximum Gasteiger partial charge on any atom is 0.131 e. The highest BCUT2D eigenvalue weighted by molar-refractivity contribution is 5.46. The fourth-order valence-corrected chi connectivity index (χ4v) is 1.43. The van der Waals surface area contributed by atoms with Crippen molar-refractivity contribution in [1.29, 1.82) is 0 Å². The van der Waals surface area contributed by atoms with Crippen LogP contribution in [0.3, 0.4) is 0 Å². The molecule has 1 aromatic heterocycles. The largest absolute Gasteiger partial charge is 0.379 e. The Kier molecular flexibility index (Phi) is 2.78. The highest BCUT2D eigenvalue weighted by atomic mass is 16.5. The number of hydrogen-bond acceptors (Lipinski definition) is 5. The van der Waals surface area contributed by atoms with Crippen LogP contribution in [0.1, 0.15) is 6.42 Å². The van der Waals surface area contributed by atoms with Gasteiger partial charge in [-0.25, -0.2) is 9.97 Å². The summed E-state index contributed by atoms with van der Waals surface area (Å²) in [6, 6.07) is 2.27. The zero-order valence-corrected chi connectivity index (χ0v) is 8.16. The van der Waals surface area contributed by atoms with Gasteiger partial charge in [0.15, 0.2) is 0 Å². The number of aromatic nitrogens is 2. The Bertz CT molecular complexity index is 299. The molecule has 2 rings (SSSR count). The van der Waals surface area contributed by atoms with Crippen LogP contribution in [0.4, 0.5) is 11.6 Å². The predicted octanol–water partition coefficient (Wildman–Crippen LogP) is 0.719. The summed E-state index contributed by atoms with van der Waals surface area (Å²) in [4.78, 5) is 8.17. The highest BCUT2D eigenvalue weighted by Crippen LogP contribution is 2.13.